The topological polar surface area (TPSA) is 71.9 Å². The zero-order valence-corrected chi connectivity index (χ0v) is 13.8. The van der Waals surface area contributed by atoms with Crippen LogP contribution >= 0.6 is 0 Å². The summed E-state index contributed by atoms with van der Waals surface area (Å²) < 4.78 is 46.4. The smallest absolute Gasteiger partial charge is 0.416 e. The summed E-state index contributed by atoms with van der Waals surface area (Å²) in [4.78, 5) is 4.27. The predicted octanol–water partition coefficient (Wildman–Crippen LogP) is 4.47. The first-order valence-corrected chi connectivity index (χ1v) is 8.03. The van der Waals surface area contributed by atoms with Crippen molar-refractivity contribution in [3.8, 4) is 11.8 Å². The molecule has 0 saturated carbocycles. The molecule has 27 heavy (non-hydrogen) atoms. The van der Waals surface area contributed by atoms with Crippen molar-refractivity contribution in [2.75, 3.05) is 0 Å². The molecule has 134 valence electrons. The van der Waals surface area contributed by atoms with E-state index in [1.54, 1.807) is 24.4 Å². The number of allylic oxidation sites excluding steroid dienone is 1. The Hall–Kier alpha value is -3.53. The molecule has 7 heteroatoms. The molecule has 0 bridgehead atoms. The van der Waals surface area contributed by atoms with Gasteiger partial charge in [-0.25, -0.2) is 0 Å². The second kappa shape index (κ2) is 6.02. The normalized spacial score (nSPS) is 16.6. The maximum Gasteiger partial charge on any atom is 0.416 e. The Bertz CT molecular complexity index is 1130. The first-order valence-electron chi connectivity index (χ1n) is 8.03. The highest BCUT2D eigenvalue weighted by Crippen LogP contribution is 2.47. The summed E-state index contributed by atoms with van der Waals surface area (Å²) in [6.45, 7) is 0. The van der Waals surface area contributed by atoms with E-state index in [1.165, 1.54) is 18.2 Å². The van der Waals surface area contributed by atoms with Crippen LogP contribution in [0.4, 0.5) is 13.2 Å². The summed E-state index contributed by atoms with van der Waals surface area (Å²) in [6, 6.07) is 14.0. The molecule has 4 nitrogen and oxygen atoms in total. The van der Waals surface area contributed by atoms with Crippen molar-refractivity contribution in [1.82, 2.24) is 4.98 Å². The van der Waals surface area contributed by atoms with Crippen LogP contribution in [-0.4, -0.2) is 4.98 Å². The van der Waals surface area contributed by atoms with Gasteiger partial charge >= 0.3 is 6.18 Å². The van der Waals surface area contributed by atoms with Crippen molar-refractivity contribution in [1.29, 1.82) is 5.26 Å². The van der Waals surface area contributed by atoms with Gasteiger partial charge in [0.1, 0.15) is 17.2 Å². The number of hydrogen-bond acceptors (Lipinski definition) is 4. The fourth-order valence-electron chi connectivity index (χ4n) is 3.38. The highest BCUT2D eigenvalue weighted by Gasteiger charge is 2.39. The van der Waals surface area contributed by atoms with E-state index in [-0.39, 0.29) is 22.8 Å². The number of nitrogens with zero attached hydrogens (tertiary/aromatic N) is 2. The van der Waals surface area contributed by atoms with Crippen molar-refractivity contribution >= 4 is 10.9 Å². The minimum atomic E-state index is -4.57. The Morgan fingerprint density at radius 2 is 1.81 bits per heavy atom. The van der Waals surface area contributed by atoms with Crippen LogP contribution in [0.2, 0.25) is 0 Å². The lowest BCUT2D eigenvalue weighted by Gasteiger charge is -2.28. The third kappa shape index (κ3) is 2.66. The molecule has 0 amide bonds. The van der Waals surface area contributed by atoms with Gasteiger partial charge in [0.15, 0.2) is 5.75 Å². The quantitative estimate of drug-likeness (QED) is 0.689. The highest BCUT2D eigenvalue weighted by molar-refractivity contribution is 5.87. The van der Waals surface area contributed by atoms with Crippen molar-refractivity contribution in [3.05, 3.63) is 82.9 Å². The zero-order valence-electron chi connectivity index (χ0n) is 13.8. The fraction of sp³-hybridized carbons (Fsp3) is 0.100. The molecule has 1 aliphatic heterocycles. The second-order valence-electron chi connectivity index (χ2n) is 6.07. The molecular weight excluding hydrogens is 355 g/mol. The van der Waals surface area contributed by atoms with Crippen LogP contribution in [0.5, 0.6) is 5.75 Å². The van der Waals surface area contributed by atoms with E-state index in [9.17, 15) is 18.4 Å². The third-order valence-electron chi connectivity index (χ3n) is 4.53. The van der Waals surface area contributed by atoms with Gasteiger partial charge in [0.2, 0.25) is 5.88 Å². The van der Waals surface area contributed by atoms with Crippen LogP contribution in [0.3, 0.4) is 0 Å². The molecule has 2 heterocycles. The Balaban J connectivity index is 2.05. The molecule has 1 atom stereocenters. The maximum atomic E-state index is 13.6. The summed E-state index contributed by atoms with van der Waals surface area (Å²) in [7, 11) is 0. The second-order valence-corrected chi connectivity index (χ2v) is 6.07. The van der Waals surface area contributed by atoms with E-state index in [0.717, 1.165) is 11.5 Å². The Morgan fingerprint density at radius 3 is 2.56 bits per heavy atom. The average Bonchev–Trinajstić information content (AvgIpc) is 2.66. The molecule has 1 aromatic heterocycles. The standard InChI is InChI=1S/C20H12F3N3O/c21-20(22,23)15-6-2-1-5-12(15)16-13-8-7-11-4-3-9-26-17(11)18(13)27-19(25)14(16)10-24/h1-9,16H,25H2. The molecule has 2 aromatic carbocycles. The van der Waals surface area contributed by atoms with Gasteiger partial charge in [-0.3, -0.25) is 4.98 Å². The predicted molar refractivity (Wildman–Crippen MR) is 92.5 cm³/mol. The van der Waals surface area contributed by atoms with Crippen molar-refractivity contribution in [2.24, 2.45) is 5.73 Å². The van der Waals surface area contributed by atoms with Gasteiger partial charge in [-0.15, -0.1) is 0 Å². The lowest BCUT2D eigenvalue weighted by Crippen LogP contribution is -2.23. The summed E-state index contributed by atoms with van der Waals surface area (Å²) >= 11 is 0. The number of pyridine rings is 1. The van der Waals surface area contributed by atoms with Gasteiger partial charge in [0.25, 0.3) is 0 Å². The number of benzene rings is 2. The van der Waals surface area contributed by atoms with Crippen LogP contribution in [0.25, 0.3) is 10.9 Å². The summed E-state index contributed by atoms with van der Waals surface area (Å²) in [6.07, 6.45) is -3.01. The first-order chi connectivity index (χ1) is 12.9. The molecule has 0 spiro atoms. The number of hydrogen-bond donors (Lipinski definition) is 1. The van der Waals surface area contributed by atoms with Crippen LogP contribution in [-0.2, 0) is 6.18 Å². The van der Waals surface area contributed by atoms with E-state index in [0.29, 0.717) is 11.1 Å². The Morgan fingerprint density at radius 1 is 1.04 bits per heavy atom. The summed E-state index contributed by atoms with van der Waals surface area (Å²) in [5.41, 5.74) is 5.88. The van der Waals surface area contributed by atoms with Crippen LogP contribution in [0, 0.1) is 11.3 Å². The Kier molecular flexibility index (Phi) is 3.77. The highest BCUT2D eigenvalue weighted by atomic mass is 19.4. The molecule has 4 rings (SSSR count). The largest absolute Gasteiger partial charge is 0.438 e. The molecule has 0 radical (unpaired) electrons. The maximum absolute atomic E-state index is 13.6. The van der Waals surface area contributed by atoms with Gasteiger partial charge in [-0.05, 0) is 17.7 Å². The third-order valence-corrected chi connectivity index (χ3v) is 4.53. The lowest BCUT2D eigenvalue weighted by atomic mass is 9.81. The summed E-state index contributed by atoms with van der Waals surface area (Å²) in [5, 5.41) is 10.3. The molecule has 0 aliphatic carbocycles. The van der Waals surface area contributed by atoms with Crippen molar-refractivity contribution in [2.45, 2.75) is 12.1 Å². The van der Waals surface area contributed by atoms with Crippen LogP contribution < -0.4 is 10.5 Å². The Labute approximate surface area is 152 Å². The van der Waals surface area contributed by atoms with Crippen molar-refractivity contribution < 1.29 is 17.9 Å². The van der Waals surface area contributed by atoms with Gasteiger partial charge < -0.3 is 10.5 Å². The number of aromatic nitrogens is 1. The molecular formula is C20H12F3N3O. The molecule has 0 saturated heterocycles. The number of ether oxygens (including phenoxy) is 1. The molecule has 1 aliphatic rings. The van der Waals surface area contributed by atoms with Gasteiger partial charge in [-0.2, -0.15) is 18.4 Å². The molecule has 0 fully saturated rings. The minimum Gasteiger partial charge on any atom is -0.438 e. The van der Waals surface area contributed by atoms with Gasteiger partial charge in [-0.1, -0.05) is 36.4 Å². The number of alkyl halides is 3. The molecule has 2 N–H and O–H groups in total. The number of nitrogens with two attached hydrogens (primary N) is 1. The zero-order chi connectivity index (χ0) is 19.2. The van der Waals surface area contributed by atoms with E-state index < -0.39 is 17.7 Å². The average molecular weight is 367 g/mol. The lowest BCUT2D eigenvalue weighted by molar-refractivity contribution is -0.138. The SMILES string of the molecule is N#CC1=C(N)Oc2c(ccc3cccnc23)C1c1ccccc1C(F)(F)F. The number of fused-ring (bicyclic) bond motifs is 3. The van der Waals surface area contributed by atoms with Gasteiger partial charge in [0, 0.05) is 17.1 Å². The number of halogens is 3. The first kappa shape index (κ1) is 16.9. The van der Waals surface area contributed by atoms with E-state index >= 15 is 0 Å². The molecule has 1 unspecified atom stereocenters. The number of rotatable bonds is 1. The fourth-order valence-corrected chi connectivity index (χ4v) is 3.38. The minimum absolute atomic E-state index is 0.0515. The van der Waals surface area contributed by atoms with Gasteiger partial charge in [0.05, 0.1) is 11.5 Å². The van der Waals surface area contributed by atoms with E-state index in [2.05, 4.69) is 4.98 Å². The van der Waals surface area contributed by atoms with E-state index in [4.69, 9.17) is 10.5 Å². The number of nitriles is 1. The van der Waals surface area contributed by atoms with E-state index in [1.807, 2.05) is 12.1 Å². The van der Waals surface area contributed by atoms with Crippen molar-refractivity contribution in [3.63, 3.8) is 0 Å². The summed E-state index contributed by atoms with van der Waals surface area (Å²) in [5.74, 6) is -0.945. The molecule has 3 aromatic rings. The van der Waals surface area contributed by atoms with Crippen LogP contribution in [0.1, 0.15) is 22.6 Å². The van der Waals surface area contributed by atoms with Crippen LogP contribution in [0.15, 0.2) is 66.2 Å². The monoisotopic (exact) mass is 367 g/mol.